The summed E-state index contributed by atoms with van der Waals surface area (Å²) in [6, 6.07) is 9.27. The van der Waals surface area contributed by atoms with E-state index in [1.165, 1.54) is 0 Å². The second kappa shape index (κ2) is 7.51. The van der Waals surface area contributed by atoms with Gasteiger partial charge in [0.15, 0.2) is 0 Å². The Morgan fingerprint density at radius 1 is 1.28 bits per heavy atom. The molecule has 6 nitrogen and oxygen atoms in total. The number of nitrogens with one attached hydrogen (secondary N) is 1. The average Bonchev–Trinajstić information content (AvgIpc) is 3.13. The van der Waals surface area contributed by atoms with Gasteiger partial charge in [-0.25, -0.2) is 0 Å². The SMILES string of the molecule is CCCC[C@H]1C(=O)N(C)CCN1C(=O)c1cn[nH]c1-c1ccccc1. The van der Waals surface area contributed by atoms with Gasteiger partial charge >= 0.3 is 0 Å². The predicted molar refractivity (Wildman–Crippen MR) is 96.0 cm³/mol. The maximum Gasteiger partial charge on any atom is 0.258 e. The summed E-state index contributed by atoms with van der Waals surface area (Å²) >= 11 is 0. The first kappa shape index (κ1) is 17.2. The number of hydrogen-bond acceptors (Lipinski definition) is 3. The molecule has 132 valence electrons. The molecule has 1 aromatic carbocycles. The van der Waals surface area contributed by atoms with Gasteiger partial charge in [0.1, 0.15) is 6.04 Å². The van der Waals surface area contributed by atoms with Crippen LogP contribution in [0.25, 0.3) is 11.3 Å². The Morgan fingerprint density at radius 3 is 2.76 bits per heavy atom. The van der Waals surface area contributed by atoms with Crippen molar-refractivity contribution in [1.82, 2.24) is 20.0 Å². The summed E-state index contributed by atoms with van der Waals surface area (Å²) in [5.41, 5.74) is 2.13. The van der Waals surface area contributed by atoms with Crippen LogP contribution in [-0.2, 0) is 4.79 Å². The molecule has 1 aliphatic heterocycles. The monoisotopic (exact) mass is 340 g/mol. The van der Waals surface area contributed by atoms with Gasteiger partial charge in [0.25, 0.3) is 5.91 Å². The van der Waals surface area contributed by atoms with Crippen LogP contribution in [0, 0.1) is 0 Å². The zero-order valence-electron chi connectivity index (χ0n) is 14.7. The van der Waals surface area contributed by atoms with Crippen molar-refractivity contribution in [2.45, 2.75) is 32.2 Å². The van der Waals surface area contributed by atoms with Crippen molar-refractivity contribution < 1.29 is 9.59 Å². The molecule has 0 aliphatic carbocycles. The molecule has 6 heteroatoms. The number of aromatic nitrogens is 2. The number of H-pyrrole nitrogens is 1. The molecule has 3 rings (SSSR count). The number of unbranched alkanes of at least 4 members (excludes halogenated alkanes) is 1. The van der Waals surface area contributed by atoms with Crippen LogP contribution in [0.3, 0.4) is 0 Å². The Morgan fingerprint density at radius 2 is 2.04 bits per heavy atom. The van der Waals surface area contributed by atoms with Crippen molar-refractivity contribution in [1.29, 1.82) is 0 Å². The van der Waals surface area contributed by atoms with E-state index in [4.69, 9.17) is 0 Å². The molecular weight excluding hydrogens is 316 g/mol. The zero-order chi connectivity index (χ0) is 17.8. The van der Waals surface area contributed by atoms with Crippen LogP contribution >= 0.6 is 0 Å². The van der Waals surface area contributed by atoms with Gasteiger partial charge in [0, 0.05) is 25.7 Å². The largest absolute Gasteiger partial charge is 0.342 e. The summed E-state index contributed by atoms with van der Waals surface area (Å²) in [6.45, 7) is 3.20. The summed E-state index contributed by atoms with van der Waals surface area (Å²) in [6.07, 6.45) is 4.18. The molecule has 1 saturated heterocycles. The summed E-state index contributed by atoms with van der Waals surface area (Å²) < 4.78 is 0. The van der Waals surface area contributed by atoms with Crippen molar-refractivity contribution in [3.8, 4) is 11.3 Å². The number of carbonyl (C=O) groups is 2. The molecule has 1 N–H and O–H groups in total. The molecule has 0 radical (unpaired) electrons. The number of hydrogen-bond donors (Lipinski definition) is 1. The predicted octanol–water partition coefficient (Wildman–Crippen LogP) is 2.55. The number of carbonyl (C=O) groups excluding carboxylic acids is 2. The van der Waals surface area contributed by atoms with E-state index in [2.05, 4.69) is 17.1 Å². The fourth-order valence-corrected chi connectivity index (χ4v) is 3.26. The van der Waals surface area contributed by atoms with Gasteiger partial charge in [-0.05, 0) is 6.42 Å². The fraction of sp³-hybridized carbons (Fsp3) is 0.421. The molecule has 2 aromatic rings. The van der Waals surface area contributed by atoms with Crippen LogP contribution in [0.15, 0.2) is 36.5 Å². The Balaban J connectivity index is 1.89. The maximum atomic E-state index is 13.2. The van der Waals surface area contributed by atoms with Gasteiger partial charge in [-0.1, -0.05) is 50.1 Å². The first-order valence-electron chi connectivity index (χ1n) is 8.78. The third-order valence-electron chi connectivity index (χ3n) is 4.74. The first-order chi connectivity index (χ1) is 12.1. The lowest BCUT2D eigenvalue weighted by atomic mass is 10.0. The fourth-order valence-electron chi connectivity index (χ4n) is 3.26. The molecule has 0 bridgehead atoms. The lowest BCUT2D eigenvalue weighted by molar-refractivity contribution is -0.138. The number of benzene rings is 1. The number of likely N-dealkylation sites (N-methyl/N-ethyl adjacent to an activating group) is 1. The maximum absolute atomic E-state index is 13.2. The second-order valence-corrected chi connectivity index (χ2v) is 6.44. The van der Waals surface area contributed by atoms with Crippen LogP contribution in [0.4, 0.5) is 0 Å². The van der Waals surface area contributed by atoms with Crippen molar-refractivity contribution in [3.63, 3.8) is 0 Å². The van der Waals surface area contributed by atoms with Crippen LogP contribution in [-0.4, -0.2) is 58.0 Å². The highest BCUT2D eigenvalue weighted by molar-refractivity contribution is 6.02. The molecule has 2 heterocycles. The Hall–Kier alpha value is -2.63. The van der Waals surface area contributed by atoms with E-state index < -0.39 is 0 Å². The van der Waals surface area contributed by atoms with Crippen LogP contribution in [0.2, 0.25) is 0 Å². The molecular formula is C19H24N4O2. The number of nitrogens with zero attached hydrogens (tertiary/aromatic N) is 3. The summed E-state index contributed by atoms with van der Waals surface area (Å²) in [4.78, 5) is 29.2. The second-order valence-electron chi connectivity index (χ2n) is 6.44. The van der Waals surface area contributed by atoms with E-state index in [9.17, 15) is 9.59 Å². The van der Waals surface area contributed by atoms with Crippen molar-refractivity contribution in [2.24, 2.45) is 0 Å². The van der Waals surface area contributed by atoms with Crippen LogP contribution < -0.4 is 0 Å². The molecule has 25 heavy (non-hydrogen) atoms. The standard InChI is InChI=1S/C19H24N4O2/c1-3-4-10-16-19(25)22(2)11-12-23(16)18(24)15-13-20-21-17(15)14-8-6-5-7-9-14/h5-9,13,16H,3-4,10-12H2,1-2H3,(H,20,21)/t16-/m0/s1. The molecule has 1 atom stereocenters. The number of amides is 2. The summed E-state index contributed by atoms with van der Waals surface area (Å²) in [7, 11) is 1.80. The van der Waals surface area contributed by atoms with Gasteiger partial charge in [-0.3, -0.25) is 14.7 Å². The summed E-state index contributed by atoms with van der Waals surface area (Å²) in [5, 5.41) is 6.99. The highest BCUT2D eigenvalue weighted by atomic mass is 16.2. The molecule has 1 aromatic heterocycles. The molecule has 0 spiro atoms. The van der Waals surface area contributed by atoms with E-state index in [1.54, 1.807) is 23.0 Å². The average molecular weight is 340 g/mol. The molecule has 1 aliphatic rings. The van der Waals surface area contributed by atoms with Crippen molar-refractivity contribution in [3.05, 3.63) is 42.1 Å². The Labute approximate surface area is 147 Å². The van der Waals surface area contributed by atoms with Gasteiger partial charge in [0.2, 0.25) is 5.91 Å². The van der Waals surface area contributed by atoms with E-state index in [0.29, 0.717) is 30.8 Å². The molecule has 2 amide bonds. The van der Waals surface area contributed by atoms with E-state index >= 15 is 0 Å². The lowest BCUT2D eigenvalue weighted by Crippen LogP contribution is -2.57. The summed E-state index contributed by atoms with van der Waals surface area (Å²) in [5.74, 6) is -0.104. The number of aromatic amines is 1. The smallest absolute Gasteiger partial charge is 0.258 e. The Kier molecular flexibility index (Phi) is 5.16. The quantitative estimate of drug-likeness (QED) is 0.909. The topological polar surface area (TPSA) is 69.3 Å². The Bertz CT molecular complexity index is 741. The minimum Gasteiger partial charge on any atom is -0.342 e. The van der Waals surface area contributed by atoms with Gasteiger partial charge in [-0.2, -0.15) is 5.10 Å². The third-order valence-corrected chi connectivity index (χ3v) is 4.74. The van der Waals surface area contributed by atoms with Gasteiger partial charge in [-0.15, -0.1) is 0 Å². The minimum absolute atomic E-state index is 0.0257. The van der Waals surface area contributed by atoms with Crippen molar-refractivity contribution >= 4 is 11.8 Å². The number of rotatable bonds is 5. The zero-order valence-corrected chi connectivity index (χ0v) is 14.7. The van der Waals surface area contributed by atoms with E-state index in [1.807, 2.05) is 30.3 Å². The van der Waals surface area contributed by atoms with Crippen LogP contribution in [0.1, 0.15) is 36.5 Å². The van der Waals surface area contributed by atoms with E-state index in [0.717, 1.165) is 18.4 Å². The number of piperazine rings is 1. The van der Waals surface area contributed by atoms with Gasteiger partial charge in [0.05, 0.1) is 17.5 Å². The lowest BCUT2D eigenvalue weighted by Gasteiger charge is -2.39. The third kappa shape index (κ3) is 3.43. The first-order valence-corrected chi connectivity index (χ1v) is 8.78. The molecule has 0 unspecified atom stereocenters. The van der Waals surface area contributed by atoms with Gasteiger partial charge < -0.3 is 9.80 Å². The van der Waals surface area contributed by atoms with Crippen molar-refractivity contribution in [2.75, 3.05) is 20.1 Å². The highest BCUT2D eigenvalue weighted by Crippen LogP contribution is 2.25. The molecule has 0 saturated carbocycles. The highest BCUT2D eigenvalue weighted by Gasteiger charge is 2.36. The normalized spacial score (nSPS) is 17.8. The minimum atomic E-state index is -0.385. The molecule has 1 fully saturated rings. The van der Waals surface area contributed by atoms with E-state index in [-0.39, 0.29) is 17.9 Å². The van der Waals surface area contributed by atoms with Crippen LogP contribution in [0.5, 0.6) is 0 Å².